The van der Waals surface area contributed by atoms with Gasteiger partial charge in [0.2, 0.25) is 0 Å². The minimum absolute atomic E-state index is 0.0108. The topological polar surface area (TPSA) is 58.9 Å². The molecule has 0 aliphatic rings. The van der Waals surface area contributed by atoms with E-state index < -0.39 is 18.1 Å². The Balaban J connectivity index is 2.23. The van der Waals surface area contributed by atoms with Gasteiger partial charge in [-0.1, -0.05) is 24.3 Å². The highest BCUT2D eigenvalue weighted by atomic mass is 19.3. The maximum Gasteiger partial charge on any atom is 0.306 e. The molecule has 0 aromatic heterocycles. The summed E-state index contributed by atoms with van der Waals surface area (Å²) in [5, 5.41) is 19.9. The largest absolute Gasteiger partial charge is 0.497 e. The van der Waals surface area contributed by atoms with Crippen LogP contribution in [0, 0.1) is 0 Å². The average Bonchev–Trinajstić information content (AvgIpc) is 2.60. The standard InChI is InChI=1S/C17H18F2O4/c1-22-13-7-3-11(4-8-13)15(20)17(18,19)16(21)12-5-9-14(23-2)10-6-12/h3-10,15-16,20-21H,1-2H3. The Hall–Kier alpha value is -2.18. The van der Waals surface area contributed by atoms with E-state index in [1.54, 1.807) is 0 Å². The second-order valence-corrected chi connectivity index (χ2v) is 5.03. The van der Waals surface area contributed by atoms with Gasteiger partial charge in [-0.15, -0.1) is 0 Å². The molecule has 0 fully saturated rings. The van der Waals surface area contributed by atoms with E-state index in [-0.39, 0.29) is 11.1 Å². The molecular formula is C17H18F2O4. The normalized spacial score (nSPS) is 14.2. The van der Waals surface area contributed by atoms with Crippen molar-refractivity contribution in [3.63, 3.8) is 0 Å². The highest BCUT2D eigenvalue weighted by Crippen LogP contribution is 2.42. The molecular weight excluding hydrogens is 306 g/mol. The second-order valence-electron chi connectivity index (χ2n) is 5.03. The van der Waals surface area contributed by atoms with Gasteiger partial charge in [-0.05, 0) is 35.4 Å². The van der Waals surface area contributed by atoms with Gasteiger partial charge in [0.15, 0.2) is 0 Å². The van der Waals surface area contributed by atoms with Gasteiger partial charge in [-0.2, -0.15) is 0 Å². The molecule has 2 atom stereocenters. The van der Waals surface area contributed by atoms with Crippen molar-refractivity contribution in [2.24, 2.45) is 0 Å². The van der Waals surface area contributed by atoms with Crippen molar-refractivity contribution in [1.82, 2.24) is 0 Å². The molecule has 0 saturated carbocycles. The zero-order valence-corrected chi connectivity index (χ0v) is 12.7. The maximum atomic E-state index is 14.4. The van der Waals surface area contributed by atoms with Crippen LogP contribution in [0.3, 0.4) is 0 Å². The van der Waals surface area contributed by atoms with E-state index in [0.717, 1.165) is 0 Å². The third kappa shape index (κ3) is 3.60. The van der Waals surface area contributed by atoms with E-state index in [1.165, 1.54) is 62.8 Å². The Morgan fingerprint density at radius 1 is 0.739 bits per heavy atom. The fourth-order valence-corrected chi connectivity index (χ4v) is 2.17. The molecule has 2 aromatic rings. The van der Waals surface area contributed by atoms with Crippen molar-refractivity contribution in [2.45, 2.75) is 18.1 Å². The number of aliphatic hydroxyl groups excluding tert-OH is 2. The lowest BCUT2D eigenvalue weighted by Gasteiger charge is -2.28. The minimum Gasteiger partial charge on any atom is -0.497 e. The first kappa shape index (κ1) is 17.2. The fraction of sp³-hybridized carbons (Fsp3) is 0.294. The molecule has 2 unspecified atom stereocenters. The fourth-order valence-electron chi connectivity index (χ4n) is 2.17. The minimum atomic E-state index is -3.76. The molecule has 6 heteroatoms. The number of methoxy groups -OCH3 is 2. The molecule has 0 bridgehead atoms. The van der Waals surface area contributed by atoms with Gasteiger partial charge in [0, 0.05) is 0 Å². The molecule has 0 saturated heterocycles. The maximum absolute atomic E-state index is 14.4. The van der Waals surface area contributed by atoms with Crippen LogP contribution in [0.5, 0.6) is 11.5 Å². The first-order valence-electron chi connectivity index (χ1n) is 6.92. The van der Waals surface area contributed by atoms with E-state index in [1.807, 2.05) is 0 Å². The van der Waals surface area contributed by atoms with Gasteiger partial charge in [0.05, 0.1) is 14.2 Å². The van der Waals surface area contributed by atoms with Crippen LogP contribution in [0.15, 0.2) is 48.5 Å². The predicted octanol–water partition coefficient (Wildman–Crippen LogP) is 3.11. The monoisotopic (exact) mass is 324 g/mol. The highest BCUT2D eigenvalue weighted by molar-refractivity contribution is 5.32. The first-order valence-corrected chi connectivity index (χ1v) is 6.92. The van der Waals surface area contributed by atoms with Crippen molar-refractivity contribution in [3.8, 4) is 11.5 Å². The quantitative estimate of drug-likeness (QED) is 0.857. The van der Waals surface area contributed by atoms with Crippen LogP contribution in [0.1, 0.15) is 23.3 Å². The zero-order chi connectivity index (χ0) is 17.0. The second kappa shape index (κ2) is 6.93. The van der Waals surface area contributed by atoms with Crippen molar-refractivity contribution < 1.29 is 28.5 Å². The van der Waals surface area contributed by atoms with Crippen molar-refractivity contribution in [1.29, 1.82) is 0 Å². The Labute approximate surface area is 132 Å². The number of ether oxygens (including phenoxy) is 2. The molecule has 4 nitrogen and oxygen atoms in total. The van der Waals surface area contributed by atoms with Crippen molar-refractivity contribution in [3.05, 3.63) is 59.7 Å². The van der Waals surface area contributed by atoms with E-state index >= 15 is 0 Å². The number of aliphatic hydroxyl groups is 2. The summed E-state index contributed by atoms with van der Waals surface area (Å²) >= 11 is 0. The van der Waals surface area contributed by atoms with E-state index in [4.69, 9.17) is 9.47 Å². The number of halogens is 2. The Morgan fingerprint density at radius 3 is 1.30 bits per heavy atom. The molecule has 2 rings (SSSR count). The van der Waals surface area contributed by atoms with Crippen LogP contribution >= 0.6 is 0 Å². The molecule has 124 valence electrons. The zero-order valence-electron chi connectivity index (χ0n) is 12.7. The summed E-state index contributed by atoms with van der Waals surface area (Å²) in [7, 11) is 2.90. The number of hydrogen-bond donors (Lipinski definition) is 2. The molecule has 0 spiro atoms. The number of rotatable bonds is 6. The lowest BCUT2D eigenvalue weighted by molar-refractivity contribution is -0.181. The third-order valence-corrected chi connectivity index (χ3v) is 3.59. The molecule has 0 radical (unpaired) electrons. The smallest absolute Gasteiger partial charge is 0.306 e. The van der Waals surface area contributed by atoms with Gasteiger partial charge < -0.3 is 19.7 Å². The summed E-state index contributed by atoms with van der Waals surface area (Å²) in [5.74, 6) is -2.79. The first-order chi connectivity index (χ1) is 10.9. The molecule has 0 aliphatic carbocycles. The summed E-state index contributed by atoms with van der Waals surface area (Å²) in [5.41, 5.74) is -0.0216. The summed E-state index contributed by atoms with van der Waals surface area (Å²) in [6.45, 7) is 0. The lowest BCUT2D eigenvalue weighted by atomic mass is 9.95. The average molecular weight is 324 g/mol. The van der Waals surface area contributed by atoms with Crippen LogP contribution in [-0.2, 0) is 0 Å². The highest BCUT2D eigenvalue weighted by Gasteiger charge is 2.47. The van der Waals surface area contributed by atoms with E-state index in [2.05, 4.69) is 0 Å². The molecule has 0 aliphatic heterocycles. The van der Waals surface area contributed by atoms with Crippen molar-refractivity contribution in [2.75, 3.05) is 14.2 Å². The van der Waals surface area contributed by atoms with Gasteiger partial charge in [-0.3, -0.25) is 0 Å². The predicted molar refractivity (Wildman–Crippen MR) is 80.9 cm³/mol. The molecule has 23 heavy (non-hydrogen) atoms. The van der Waals surface area contributed by atoms with Crippen LogP contribution in [-0.4, -0.2) is 30.4 Å². The molecule has 0 amide bonds. The number of benzene rings is 2. The van der Waals surface area contributed by atoms with Crippen LogP contribution in [0.2, 0.25) is 0 Å². The number of alkyl halides is 2. The van der Waals surface area contributed by atoms with Gasteiger partial charge in [0.25, 0.3) is 0 Å². The molecule has 0 heterocycles. The van der Waals surface area contributed by atoms with E-state index in [9.17, 15) is 19.0 Å². The van der Waals surface area contributed by atoms with Crippen LogP contribution in [0.4, 0.5) is 8.78 Å². The molecule has 2 aromatic carbocycles. The molecule has 2 N–H and O–H groups in total. The Kier molecular flexibility index (Phi) is 5.18. The summed E-state index contributed by atoms with van der Waals surface area (Å²) < 4.78 is 38.7. The summed E-state index contributed by atoms with van der Waals surface area (Å²) in [6, 6.07) is 11.2. The van der Waals surface area contributed by atoms with Crippen LogP contribution in [0.25, 0.3) is 0 Å². The summed E-state index contributed by atoms with van der Waals surface area (Å²) in [6.07, 6.45) is -4.30. The number of hydrogen-bond acceptors (Lipinski definition) is 4. The SMILES string of the molecule is COc1ccc(C(O)C(F)(F)C(O)c2ccc(OC)cc2)cc1. The Morgan fingerprint density at radius 2 is 1.04 bits per heavy atom. The lowest BCUT2D eigenvalue weighted by Crippen LogP contribution is -2.33. The van der Waals surface area contributed by atoms with Gasteiger partial charge in [-0.25, -0.2) is 8.78 Å². The van der Waals surface area contributed by atoms with Crippen molar-refractivity contribution >= 4 is 0 Å². The van der Waals surface area contributed by atoms with Gasteiger partial charge in [0.1, 0.15) is 23.7 Å². The van der Waals surface area contributed by atoms with E-state index in [0.29, 0.717) is 11.5 Å². The van der Waals surface area contributed by atoms with Crippen LogP contribution < -0.4 is 9.47 Å². The third-order valence-electron chi connectivity index (χ3n) is 3.59. The van der Waals surface area contributed by atoms with Gasteiger partial charge >= 0.3 is 5.92 Å². The Bertz CT molecular complexity index is 571. The summed E-state index contributed by atoms with van der Waals surface area (Å²) in [4.78, 5) is 0.